The van der Waals surface area contributed by atoms with Crippen LogP contribution in [0.4, 0.5) is 21.9 Å². The van der Waals surface area contributed by atoms with Gasteiger partial charge in [-0.1, -0.05) is 37.6 Å². The summed E-state index contributed by atoms with van der Waals surface area (Å²) in [4.78, 5) is 25.3. The van der Waals surface area contributed by atoms with Gasteiger partial charge in [-0.3, -0.25) is 4.79 Å². The predicted octanol–water partition coefficient (Wildman–Crippen LogP) is 4.17. The fourth-order valence-electron chi connectivity index (χ4n) is 3.74. The van der Waals surface area contributed by atoms with Gasteiger partial charge < -0.3 is 16.0 Å². The summed E-state index contributed by atoms with van der Waals surface area (Å²) in [5.41, 5.74) is 2.52. The Morgan fingerprint density at radius 1 is 1.00 bits per heavy atom. The van der Waals surface area contributed by atoms with Gasteiger partial charge >= 0.3 is 6.03 Å². The highest BCUT2D eigenvalue weighted by Crippen LogP contribution is 2.25. The zero-order valence-electron chi connectivity index (χ0n) is 18.4. The van der Waals surface area contributed by atoms with Crippen molar-refractivity contribution in [1.82, 2.24) is 4.31 Å². The van der Waals surface area contributed by atoms with E-state index in [0.717, 1.165) is 18.4 Å². The first kappa shape index (κ1) is 23.7. The van der Waals surface area contributed by atoms with Gasteiger partial charge in [-0.15, -0.1) is 0 Å². The van der Waals surface area contributed by atoms with E-state index in [1.807, 2.05) is 32.0 Å². The van der Waals surface area contributed by atoms with E-state index in [1.165, 1.54) is 4.31 Å². The van der Waals surface area contributed by atoms with Gasteiger partial charge in [0, 0.05) is 23.6 Å². The van der Waals surface area contributed by atoms with Crippen LogP contribution in [0, 0.1) is 6.92 Å². The number of hydrogen-bond donors (Lipinski definition) is 3. The number of urea groups is 1. The summed E-state index contributed by atoms with van der Waals surface area (Å²) < 4.78 is 26.6. The SMILES string of the molecule is CCCS(=O)(=O)N1CCCCC1C(=O)Nc1cc(NC(=O)Nc2ccccc2)ccc1C. The minimum absolute atomic E-state index is 0.0335. The van der Waals surface area contributed by atoms with Gasteiger partial charge in [-0.2, -0.15) is 4.31 Å². The third-order valence-corrected chi connectivity index (χ3v) is 7.44. The molecule has 0 saturated carbocycles. The van der Waals surface area contributed by atoms with Crippen LogP contribution in [0.3, 0.4) is 0 Å². The lowest BCUT2D eigenvalue weighted by atomic mass is 10.0. The number of piperidine rings is 1. The van der Waals surface area contributed by atoms with Crippen molar-refractivity contribution in [2.24, 2.45) is 0 Å². The molecule has 1 saturated heterocycles. The molecule has 32 heavy (non-hydrogen) atoms. The second-order valence-electron chi connectivity index (χ2n) is 7.90. The van der Waals surface area contributed by atoms with Crippen LogP contribution in [-0.2, 0) is 14.8 Å². The first-order chi connectivity index (χ1) is 15.3. The summed E-state index contributed by atoms with van der Waals surface area (Å²) >= 11 is 0. The molecule has 0 aromatic heterocycles. The number of anilines is 3. The zero-order valence-corrected chi connectivity index (χ0v) is 19.2. The number of benzene rings is 2. The Kier molecular flexibility index (Phi) is 7.87. The van der Waals surface area contributed by atoms with E-state index in [4.69, 9.17) is 0 Å². The molecule has 1 fully saturated rings. The molecule has 3 rings (SSSR count). The van der Waals surface area contributed by atoms with Crippen LogP contribution in [0.1, 0.15) is 38.2 Å². The van der Waals surface area contributed by atoms with Crippen molar-refractivity contribution in [2.45, 2.75) is 45.6 Å². The van der Waals surface area contributed by atoms with E-state index in [9.17, 15) is 18.0 Å². The van der Waals surface area contributed by atoms with Crippen LogP contribution < -0.4 is 16.0 Å². The normalized spacial score (nSPS) is 16.9. The maximum absolute atomic E-state index is 13.0. The Hall–Kier alpha value is -2.91. The summed E-state index contributed by atoms with van der Waals surface area (Å²) in [6.07, 6.45) is 2.55. The molecule has 0 radical (unpaired) electrons. The molecule has 3 N–H and O–H groups in total. The van der Waals surface area contributed by atoms with Crippen molar-refractivity contribution in [2.75, 3.05) is 28.2 Å². The molecule has 0 spiro atoms. The fraction of sp³-hybridized carbons (Fsp3) is 0.391. The highest BCUT2D eigenvalue weighted by molar-refractivity contribution is 7.89. The topological polar surface area (TPSA) is 108 Å². The Balaban J connectivity index is 1.71. The molecular formula is C23H30N4O4S. The molecule has 1 unspecified atom stereocenters. The van der Waals surface area contributed by atoms with Crippen LogP contribution in [0.2, 0.25) is 0 Å². The molecule has 1 aliphatic rings. The van der Waals surface area contributed by atoms with Crippen molar-refractivity contribution >= 4 is 39.0 Å². The second kappa shape index (κ2) is 10.6. The molecule has 2 aromatic rings. The summed E-state index contributed by atoms with van der Waals surface area (Å²) in [6, 6.07) is 13.2. The van der Waals surface area contributed by atoms with E-state index in [0.29, 0.717) is 36.4 Å². The van der Waals surface area contributed by atoms with Crippen LogP contribution in [0.5, 0.6) is 0 Å². The summed E-state index contributed by atoms with van der Waals surface area (Å²) in [7, 11) is -3.48. The number of carbonyl (C=O) groups excluding carboxylic acids is 2. The van der Waals surface area contributed by atoms with Crippen molar-refractivity contribution in [3.05, 3.63) is 54.1 Å². The molecule has 8 nitrogen and oxygen atoms in total. The molecule has 9 heteroatoms. The average Bonchev–Trinajstić information content (AvgIpc) is 2.76. The number of amides is 3. The molecule has 0 aliphatic carbocycles. The van der Waals surface area contributed by atoms with Gasteiger partial charge in [0.1, 0.15) is 6.04 Å². The van der Waals surface area contributed by atoms with Crippen molar-refractivity contribution in [3.63, 3.8) is 0 Å². The number of rotatable bonds is 7. The lowest BCUT2D eigenvalue weighted by molar-refractivity contribution is -0.120. The number of aryl methyl sites for hydroxylation is 1. The lowest BCUT2D eigenvalue weighted by Crippen LogP contribution is -2.50. The largest absolute Gasteiger partial charge is 0.324 e. The minimum atomic E-state index is -3.48. The highest BCUT2D eigenvalue weighted by Gasteiger charge is 2.36. The highest BCUT2D eigenvalue weighted by atomic mass is 32.2. The Morgan fingerprint density at radius 2 is 1.72 bits per heavy atom. The number of sulfonamides is 1. The van der Waals surface area contributed by atoms with E-state index in [2.05, 4.69) is 16.0 Å². The number of carbonyl (C=O) groups is 2. The van der Waals surface area contributed by atoms with Gasteiger partial charge in [-0.05, 0) is 56.0 Å². The van der Waals surface area contributed by atoms with E-state index in [1.54, 1.807) is 30.3 Å². The van der Waals surface area contributed by atoms with E-state index < -0.39 is 22.1 Å². The van der Waals surface area contributed by atoms with Gasteiger partial charge in [0.15, 0.2) is 0 Å². The van der Waals surface area contributed by atoms with Gasteiger partial charge in [0.05, 0.1) is 5.75 Å². The van der Waals surface area contributed by atoms with Gasteiger partial charge in [-0.25, -0.2) is 13.2 Å². The maximum atomic E-state index is 13.0. The fourth-order valence-corrected chi connectivity index (χ4v) is 5.49. The molecule has 1 heterocycles. The minimum Gasteiger partial charge on any atom is -0.324 e. The second-order valence-corrected chi connectivity index (χ2v) is 9.94. The number of para-hydroxylation sites is 1. The van der Waals surface area contributed by atoms with Crippen LogP contribution in [0.15, 0.2) is 48.5 Å². The predicted molar refractivity (Wildman–Crippen MR) is 127 cm³/mol. The van der Waals surface area contributed by atoms with Crippen LogP contribution in [-0.4, -0.2) is 43.0 Å². The van der Waals surface area contributed by atoms with Crippen molar-refractivity contribution < 1.29 is 18.0 Å². The Labute approximate surface area is 189 Å². The third-order valence-electron chi connectivity index (χ3n) is 5.36. The molecule has 1 atom stereocenters. The molecule has 172 valence electrons. The Bertz CT molecular complexity index is 1060. The smallest absolute Gasteiger partial charge is 0.323 e. The molecule has 3 amide bonds. The van der Waals surface area contributed by atoms with Crippen LogP contribution >= 0.6 is 0 Å². The van der Waals surface area contributed by atoms with Crippen molar-refractivity contribution in [3.8, 4) is 0 Å². The van der Waals surface area contributed by atoms with Crippen LogP contribution in [0.25, 0.3) is 0 Å². The number of nitrogens with one attached hydrogen (secondary N) is 3. The van der Waals surface area contributed by atoms with E-state index >= 15 is 0 Å². The molecule has 2 aromatic carbocycles. The Morgan fingerprint density at radius 3 is 2.44 bits per heavy atom. The summed E-state index contributed by atoms with van der Waals surface area (Å²) in [5.74, 6) is -0.315. The standard InChI is InChI=1S/C23H30N4O4S/c1-3-15-32(30,31)27-14-8-7-11-21(27)22(28)26-20-16-19(13-12-17(20)2)25-23(29)24-18-9-5-4-6-10-18/h4-6,9-10,12-13,16,21H,3,7-8,11,14-15H2,1-2H3,(H,26,28)(H2,24,25,29). The van der Waals surface area contributed by atoms with Gasteiger partial charge in [0.2, 0.25) is 15.9 Å². The molecule has 1 aliphatic heterocycles. The van der Waals surface area contributed by atoms with E-state index in [-0.39, 0.29) is 11.7 Å². The summed E-state index contributed by atoms with van der Waals surface area (Å²) in [5, 5.41) is 8.36. The number of hydrogen-bond acceptors (Lipinski definition) is 4. The average molecular weight is 459 g/mol. The first-order valence-electron chi connectivity index (χ1n) is 10.8. The maximum Gasteiger partial charge on any atom is 0.323 e. The zero-order chi connectivity index (χ0) is 23.1. The van der Waals surface area contributed by atoms with Gasteiger partial charge in [0.25, 0.3) is 0 Å². The lowest BCUT2D eigenvalue weighted by Gasteiger charge is -2.33. The number of nitrogens with zero attached hydrogens (tertiary/aromatic N) is 1. The molecular weight excluding hydrogens is 428 g/mol. The summed E-state index contributed by atoms with van der Waals surface area (Å²) in [6.45, 7) is 4.02. The first-order valence-corrected chi connectivity index (χ1v) is 12.4. The third kappa shape index (κ3) is 6.08. The van der Waals surface area contributed by atoms with Crippen molar-refractivity contribution in [1.29, 1.82) is 0 Å². The quantitative estimate of drug-likeness (QED) is 0.579. The monoisotopic (exact) mass is 458 g/mol. The molecule has 0 bridgehead atoms.